The van der Waals surface area contributed by atoms with Crippen LogP contribution in [-0.2, 0) is 14.3 Å². The summed E-state index contributed by atoms with van der Waals surface area (Å²) in [6.07, 6.45) is 24.7. The van der Waals surface area contributed by atoms with Crippen LogP contribution in [0.3, 0.4) is 0 Å². The lowest BCUT2D eigenvalue weighted by atomic mass is 10.1. The minimum Gasteiger partial charge on any atom is -0.479 e. The molecule has 4 N–H and O–H groups in total. The fraction of sp³-hybridized carbons (Fsp3) is 0.857. The molecule has 0 amide bonds. The van der Waals surface area contributed by atoms with Crippen molar-refractivity contribution in [2.75, 3.05) is 13.2 Å². The molecule has 0 aliphatic rings. The first-order chi connectivity index (χ1) is 16.8. The van der Waals surface area contributed by atoms with Gasteiger partial charge in [0.1, 0.15) is 18.8 Å². The van der Waals surface area contributed by atoms with E-state index >= 15 is 0 Å². The van der Waals surface area contributed by atoms with E-state index < -0.39 is 18.2 Å². The maximum absolute atomic E-state index is 11.4. The Balaban J connectivity index is 0. The summed E-state index contributed by atoms with van der Waals surface area (Å²) in [4.78, 5) is 20.9. The van der Waals surface area contributed by atoms with Crippen LogP contribution < -0.4 is 0 Å². The number of aliphatic hydroxyl groups is 3. The van der Waals surface area contributed by atoms with Crippen LogP contribution in [0.4, 0.5) is 0 Å². The van der Waals surface area contributed by atoms with Crippen molar-refractivity contribution >= 4 is 11.9 Å². The van der Waals surface area contributed by atoms with Gasteiger partial charge >= 0.3 is 11.9 Å². The van der Waals surface area contributed by atoms with Crippen molar-refractivity contribution in [1.29, 1.82) is 0 Å². The predicted octanol–water partition coefficient (Wildman–Crippen LogP) is 5.93. The molecule has 0 aliphatic heterocycles. The van der Waals surface area contributed by atoms with E-state index in [1.165, 1.54) is 103 Å². The van der Waals surface area contributed by atoms with E-state index in [1.807, 2.05) is 0 Å². The molecule has 0 spiro atoms. The standard InChI is InChI=1S/C25H48O4.C3H6O3/c1-2-3-4-5-6-7-8-9-10-11-12-13-14-15-16-17-18-19-20-21-25(28)29-23-24(27)22-26;1-2(4)3(5)6/h9-10,24,26-27H,2-8,11-23H2,1H3;2,4H,1H3,(H,5,6)/b10-9-;. The van der Waals surface area contributed by atoms with Crippen molar-refractivity contribution in [3.05, 3.63) is 12.2 Å². The lowest BCUT2D eigenvalue weighted by molar-refractivity contribution is -0.147. The Labute approximate surface area is 214 Å². The molecule has 208 valence electrons. The van der Waals surface area contributed by atoms with Crippen molar-refractivity contribution in [3.8, 4) is 0 Å². The number of carbonyl (C=O) groups is 2. The third kappa shape index (κ3) is 32.6. The third-order valence-electron chi connectivity index (χ3n) is 5.65. The van der Waals surface area contributed by atoms with Crippen molar-refractivity contribution in [2.45, 2.75) is 142 Å². The van der Waals surface area contributed by atoms with Crippen molar-refractivity contribution in [2.24, 2.45) is 0 Å². The predicted molar refractivity (Wildman–Crippen MR) is 141 cm³/mol. The highest BCUT2D eigenvalue weighted by atomic mass is 16.5. The van der Waals surface area contributed by atoms with Gasteiger partial charge in [0.25, 0.3) is 0 Å². The lowest BCUT2D eigenvalue weighted by Gasteiger charge is -2.08. The normalized spacial score (nSPS) is 12.7. The summed E-state index contributed by atoms with van der Waals surface area (Å²) in [7, 11) is 0. The SMILES string of the molecule is CC(O)C(=O)O.CCCCCCCC/C=C\CCCCCCCCCCCC(=O)OCC(O)CO. The second kappa shape index (κ2) is 28.8. The Bertz CT molecular complexity index is 492. The number of esters is 1. The van der Waals surface area contributed by atoms with Crippen LogP contribution in [0, 0.1) is 0 Å². The van der Waals surface area contributed by atoms with Gasteiger partial charge < -0.3 is 25.2 Å². The molecular weight excluding hydrogens is 448 g/mol. The number of hydrogen-bond donors (Lipinski definition) is 4. The van der Waals surface area contributed by atoms with Crippen molar-refractivity contribution in [3.63, 3.8) is 0 Å². The molecule has 2 unspecified atom stereocenters. The number of ether oxygens (including phenoxy) is 1. The molecule has 7 heteroatoms. The number of aliphatic hydroxyl groups excluding tert-OH is 3. The zero-order valence-electron chi connectivity index (χ0n) is 22.5. The zero-order chi connectivity index (χ0) is 26.6. The van der Waals surface area contributed by atoms with Gasteiger partial charge in [0.15, 0.2) is 0 Å². The number of carboxylic acids is 1. The highest BCUT2D eigenvalue weighted by Gasteiger charge is 2.07. The molecule has 7 nitrogen and oxygen atoms in total. The van der Waals surface area contributed by atoms with Crippen LogP contribution in [0.5, 0.6) is 0 Å². The largest absolute Gasteiger partial charge is 0.479 e. The summed E-state index contributed by atoms with van der Waals surface area (Å²) in [6.45, 7) is 2.99. The first kappa shape index (κ1) is 35.7. The van der Waals surface area contributed by atoms with Crippen LogP contribution in [0.15, 0.2) is 12.2 Å². The Kier molecular flexibility index (Phi) is 29.4. The molecule has 0 radical (unpaired) electrons. The Morgan fingerprint density at radius 3 is 1.54 bits per heavy atom. The molecule has 0 aromatic rings. The fourth-order valence-corrected chi connectivity index (χ4v) is 3.36. The van der Waals surface area contributed by atoms with Crippen LogP contribution in [0.2, 0.25) is 0 Å². The summed E-state index contributed by atoms with van der Waals surface area (Å²) in [5.41, 5.74) is 0. The maximum Gasteiger partial charge on any atom is 0.332 e. The molecule has 0 bridgehead atoms. The van der Waals surface area contributed by atoms with Gasteiger partial charge in [-0.05, 0) is 39.0 Å². The van der Waals surface area contributed by atoms with Crippen LogP contribution in [0.25, 0.3) is 0 Å². The lowest BCUT2D eigenvalue weighted by Crippen LogP contribution is -2.21. The first-order valence-corrected chi connectivity index (χ1v) is 13.9. The molecule has 0 aromatic carbocycles. The van der Waals surface area contributed by atoms with Crippen molar-refractivity contribution in [1.82, 2.24) is 0 Å². The molecule has 0 fully saturated rings. The number of allylic oxidation sites excluding steroid dienone is 2. The first-order valence-electron chi connectivity index (χ1n) is 13.9. The van der Waals surface area contributed by atoms with E-state index in [-0.39, 0.29) is 19.2 Å². The highest BCUT2D eigenvalue weighted by Crippen LogP contribution is 2.12. The van der Waals surface area contributed by atoms with Gasteiger partial charge in [0, 0.05) is 6.42 Å². The topological polar surface area (TPSA) is 124 Å². The summed E-state index contributed by atoms with van der Waals surface area (Å²) >= 11 is 0. The number of unbranched alkanes of at least 4 members (excludes halogenated alkanes) is 15. The van der Waals surface area contributed by atoms with E-state index in [2.05, 4.69) is 19.1 Å². The molecule has 2 atom stereocenters. The Morgan fingerprint density at radius 2 is 1.14 bits per heavy atom. The minimum atomic E-state index is -1.23. The van der Waals surface area contributed by atoms with Gasteiger partial charge in [-0.15, -0.1) is 0 Å². The Hall–Kier alpha value is -1.44. The van der Waals surface area contributed by atoms with Crippen LogP contribution in [0.1, 0.15) is 129 Å². The van der Waals surface area contributed by atoms with Gasteiger partial charge in [-0.2, -0.15) is 0 Å². The van der Waals surface area contributed by atoms with Crippen molar-refractivity contribution < 1.29 is 34.8 Å². The van der Waals surface area contributed by atoms with Crippen LogP contribution >= 0.6 is 0 Å². The molecule has 0 saturated heterocycles. The van der Waals surface area contributed by atoms with E-state index in [1.54, 1.807) is 0 Å². The smallest absolute Gasteiger partial charge is 0.332 e. The van der Waals surface area contributed by atoms with Crippen LogP contribution in [-0.4, -0.2) is 57.8 Å². The molecule has 0 aliphatic carbocycles. The summed E-state index contributed by atoms with van der Waals surface area (Å²) in [6, 6.07) is 0. The number of rotatable bonds is 23. The quantitative estimate of drug-likeness (QED) is 0.0775. The van der Waals surface area contributed by atoms with Gasteiger partial charge in [0.2, 0.25) is 0 Å². The zero-order valence-corrected chi connectivity index (χ0v) is 22.5. The molecule has 0 heterocycles. The van der Waals surface area contributed by atoms with E-state index in [0.29, 0.717) is 6.42 Å². The average Bonchev–Trinajstić information content (AvgIpc) is 2.84. The molecular formula is C28H54O7. The monoisotopic (exact) mass is 502 g/mol. The van der Waals surface area contributed by atoms with E-state index in [4.69, 9.17) is 25.2 Å². The number of carboxylic acid groups (broad SMARTS) is 1. The molecule has 0 aromatic heterocycles. The molecule has 0 rings (SSSR count). The Morgan fingerprint density at radius 1 is 0.743 bits per heavy atom. The summed E-state index contributed by atoms with van der Waals surface area (Å²) in [5, 5.41) is 33.5. The average molecular weight is 503 g/mol. The maximum atomic E-state index is 11.4. The summed E-state index contributed by atoms with van der Waals surface area (Å²) < 4.78 is 4.88. The second-order valence-corrected chi connectivity index (χ2v) is 9.28. The molecule has 0 saturated carbocycles. The number of aliphatic carboxylic acids is 1. The third-order valence-corrected chi connectivity index (χ3v) is 5.65. The van der Waals surface area contributed by atoms with Gasteiger partial charge in [-0.25, -0.2) is 4.79 Å². The minimum absolute atomic E-state index is 0.107. The van der Waals surface area contributed by atoms with Gasteiger partial charge in [-0.1, -0.05) is 96.1 Å². The van der Waals surface area contributed by atoms with E-state index in [9.17, 15) is 9.59 Å². The van der Waals surface area contributed by atoms with E-state index in [0.717, 1.165) is 12.8 Å². The summed E-state index contributed by atoms with van der Waals surface area (Å²) in [5.74, 6) is -1.46. The molecule has 35 heavy (non-hydrogen) atoms. The number of hydrogen-bond acceptors (Lipinski definition) is 6. The fourth-order valence-electron chi connectivity index (χ4n) is 3.36. The highest BCUT2D eigenvalue weighted by molar-refractivity contribution is 5.71. The van der Waals surface area contributed by atoms with Gasteiger partial charge in [0.05, 0.1) is 6.61 Å². The number of carbonyl (C=O) groups excluding carboxylic acids is 1. The second-order valence-electron chi connectivity index (χ2n) is 9.28. The van der Waals surface area contributed by atoms with Gasteiger partial charge in [-0.3, -0.25) is 4.79 Å².